The highest BCUT2D eigenvalue weighted by Gasteiger charge is 2.23. The van der Waals surface area contributed by atoms with Crippen LogP contribution < -0.4 is 5.32 Å². The van der Waals surface area contributed by atoms with Crippen LogP contribution in [0.2, 0.25) is 0 Å². The number of halogens is 2. The molecule has 1 aromatic rings. The maximum Gasteiger partial charge on any atom is 0.124 e. The zero-order valence-electron chi connectivity index (χ0n) is 9.88. The maximum absolute atomic E-state index is 12.9. The monoisotopic (exact) mass is 317 g/mol. The van der Waals surface area contributed by atoms with Gasteiger partial charge in [0, 0.05) is 22.3 Å². The molecule has 0 aromatic heterocycles. The Hall–Kier alpha value is -0.0600. The Bertz CT molecular complexity index is 386. The summed E-state index contributed by atoms with van der Waals surface area (Å²) in [7, 11) is 0. The van der Waals surface area contributed by atoms with Gasteiger partial charge in [-0.05, 0) is 43.2 Å². The lowest BCUT2D eigenvalue weighted by molar-refractivity contribution is 0.523. The third-order valence-corrected chi connectivity index (χ3v) is 5.15. The van der Waals surface area contributed by atoms with Crippen molar-refractivity contribution in [3.8, 4) is 0 Å². The van der Waals surface area contributed by atoms with E-state index in [0.29, 0.717) is 6.04 Å². The molecule has 1 nitrogen and oxygen atoms in total. The highest BCUT2D eigenvalue weighted by molar-refractivity contribution is 9.10. The zero-order chi connectivity index (χ0) is 12.3. The molecule has 0 amide bonds. The lowest BCUT2D eigenvalue weighted by Crippen LogP contribution is -2.26. The molecule has 0 bridgehead atoms. The Morgan fingerprint density at radius 2 is 2.29 bits per heavy atom. The van der Waals surface area contributed by atoms with E-state index in [0.717, 1.165) is 21.8 Å². The van der Waals surface area contributed by atoms with Gasteiger partial charge < -0.3 is 5.32 Å². The van der Waals surface area contributed by atoms with Crippen LogP contribution in [-0.2, 0) is 6.54 Å². The first kappa shape index (κ1) is 13.4. The highest BCUT2D eigenvalue weighted by Crippen LogP contribution is 2.28. The number of nitrogens with one attached hydrogen (secondary N) is 1. The summed E-state index contributed by atoms with van der Waals surface area (Å²) in [4.78, 5) is 0. The summed E-state index contributed by atoms with van der Waals surface area (Å²) in [5, 5.41) is 4.37. The second-order valence-corrected chi connectivity index (χ2v) is 6.48. The van der Waals surface area contributed by atoms with Crippen molar-refractivity contribution in [2.24, 2.45) is 0 Å². The maximum atomic E-state index is 12.9. The number of benzene rings is 1. The number of rotatable bonds is 4. The minimum atomic E-state index is -0.191. The van der Waals surface area contributed by atoms with E-state index in [1.807, 2.05) is 17.8 Å². The van der Waals surface area contributed by atoms with Gasteiger partial charge in [-0.2, -0.15) is 11.8 Å². The number of thioether (sulfide) groups is 1. The SMILES string of the molecule is CSC1CCC(NCc2ccc(F)cc2Br)C1. The fourth-order valence-corrected chi connectivity index (χ4v) is 3.55. The van der Waals surface area contributed by atoms with Crippen molar-refractivity contribution in [2.75, 3.05) is 6.26 Å². The average molecular weight is 318 g/mol. The molecule has 0 heterocycles. The second-order valence-electron chi connectivity index (χ2n) is 4.48. The fourth-order valence-electron chi connectivity index (χ4n) is 2.26. The Morgan fingerprint density at radius 3 is 2.94 bits per heavy atom. The van der Waals surface area contributed by atoms with Crippen LogP contribution in [0.3, 0.4) is 0 Å². The summed E-state index contributed by atoms with van der Waals surface area (Å²) in [6, 6.07) is 5.50. The Labute approximate surface area is 115 Å². The molecule has 0 spiro atoms. The topological polar surface area (TPSA) is 12.0 Å². The quantitative estimate of drug-likeness (QED) is 0.902. The van der Waals surface area contributed by atoms with E-state index >= 15 is 0 Å². The molecule has 1 fully saturated rings. The van der Waals surface area contributed by atoms with Crippen LogP contribution in [0, 0.1) is 5.82 Å². The molecule has 1 saturated carbocycles. The smallest absolute Gasteiger partial charge is 0.124 e. The van der Waals surface area contributed by atoms with E-state index in [4.69, 9.17) is 0 Å². The third kappa shape index (κ3) is 3.70. The molecule has 1 aromatic carbocycles. The third-order valence-electron chi connectivity index (χ3n) is 3.31. The van der Waals surface area contributed by atoms with Gasteiger partial charge in [0.2, 0.25) is 0 Å². The summed E-state index contributed by atoms with van der Waals surface area (Å²) in [6.45, 7) is 0.812. The molecular weight excluding hydrogens is 301 g/mol. The van der Waals surface area contributed by atoms with Gasteiger partial charge in [-0.1, -0.05) is 22.0 Å². The summed E-state index contributed by atoms with van der Waals surface area (Å²) in [6.07, 6.45) is 6.00. The molecule has 2 unspecified atom stereocenters. The van der Waals surface area contributed by atoms with Crippen LogP contribution in [-0.4, -0.2) is 17.5 Å². The largest absolute Gasteiger partial charge is 0.310 e. The standard InChI is InChI=1S/C13H17BrFNS/c1-17-12-5-4-11(7-12)16-8-9-2-3-10(15)6-13(9)14/h2-3,6,11-12,16H,4-5,7-8H2,1H3. The molecule has 17 heavy (non-hydrogen) atoms. The van der Waals surface area contributed by atoms with Gasteiger partial charge in [0.15, 0.2) is 0 Å². The van der Waals surface area contributed by atoms with Crippen molar-refractivity contribution < 1.29 is 4.39 Å². The molecule has 94 valence electrons. The van der Waals surface area contributed by atoms with Crippen LogP contribution in [0.25, 0.3) is 0 Å². The first-order chi connectivity index (χ1) is 8.19. The van der Waals surface area contributed by atoms with Crippen molar-refractivity contribution in [2.45, 2.75) is 37.1 Å². The van der Waals surface area contributed by atoms with Gasteiger partial charge in [0.05, 0.1) is 0 Å². The first-order valence-electron chi connectivity index (χ1n) is 5.89. The van der Waals surface area contributed by atoms with Gasteiger partial charge in [0.25, 0.3) is 0 Å². The van der Waals surface area contributed by atoms with Crippen molar-refractivity contribution in [3.63, 3.8) is 0 Å². The van der Waals surface area contributed by atoms with Gasteiger partial charge in [-0.3, -0.25) is 0 Å². The zero-order valence-corrected chi connectivity index (χ0v) is 12.3. The Balaban J connectivity index is 1.86. The van der Waals surface area contributed by atoms with Crippen LogP contribution >= 0.6 is 27.7 Å². The van der Waals surface area contributed by atoms with Crippen molar-refractivity contribution in [3.05, 3.63) is 34.1 Å². The molecule has 0 radical (unpaired) electrons. The van der Waals surface area contributed by atoms with E-state index < -0.39 is 0 Å². The van der Waals surface area contributed by atoms with E-state index in [-0.39, 0.29) is 5.82 Å². The molecule has 1 aliphatic carbocycles. The van der Waals surface area contributed by atoms with Crippen LogP contribution in [0.5, 0.6) is 0 Å². The van der Waals surface area contributed by atoms with Gasteiger partial charge in [0.1, 0.15) is 5.82 Å². The normalized spacial score (nSPS) is 24.2. The second kappa shape index (κ2) is 6.21. The molecule has 0 saturated heterocycles. The van der Waals surface area contributed by atoms with Crippen LogP contribution in [0.4, 0.5) is 4.39 Å². The van der Waals surface area contributed by atoms with Gasteiger partial charge in [-0.25, -0.2) is 4.39 Å². The summed E-state index contributed by atoms with van der Waals surface area (Å²) < 4.78 is 13.8. The minimum absolute atomic E-state index is 0.191. The summed E-state index contributed by atoms with van der Waals surface area (Å²) in [5.41, 5.74) is 1.12. The first-order valence-corrected chi connectivity index (χ1v) is 7.97. The van der Waals surface area contributed by atoms with Gasteiger partial charge in [-0.15, -0.1) is 0 Å². The van der Waals surface area contributed by atoms with Crippen molar-refractivity contribution >= 4 is 27.7 Å². The van der Waals surface area contributed by atoms with E-state index in [2.05, 4.69) is 27.5 Å². The van der Waals surface area contributed by atoms with Crippen molar-refractivity contribution in [1.82, 2.24) is 5.32 Å². The average Bonchev–Trinajstić information content (AvgIpc) is 2.76. The molecule has 4 heteroatoms. The van der Waals surface area contributed by atoms with Crippen LogP contribution in [0.1, 0.15) is 24.8 Å². The predicted molar refractivity (Wildman–Crippen MR) is 75.9 cm³/mol. The lowest BCUT2D eigenvalue weighted by Gasteiger charge is -2.13. The van der Waals surface area contributed by atoms with E-state index in [1.54, 1.807) is 0 Å². The molecule has 2 atom stereocenters. The lowest BCUT2D eigenvalue weighted by atomic mass is 10.2. The Kier molecular flexibility index (Phi) is 4.88. The number of hydrogen-bond acceptors (Lipinski definition) is 2. The van der Waals surface area contributed by atoms with Crippen molar-refractivity contribution in [1.29, 1.82) is 0 Å². The highest BCUT2D eigenvalue weighted by atomic mass is 79.9. The summed E-state index contributed by atoms with van der Waals surface area (Å²) >= 11 is 5.36. The number of hydrogen-bond donors (Lipinski definition) is 1. The molecule has 1 aliphatic rings. The van der Waals surface area contributed by atoms with E-state index in [1.165, 1.54) is 31.4 Å². The van der Waals surface area contributed by atoms with Gasteiger partial charge >= 0.3 is 0 Å². The predicted octanol–water partition coefficient (Wildman–Crippen LogP) is 3.96. The minimum Gasteiger partial charge on any atom is -0.310 e. The molecule has 0 aliphatic heterocycles. The fraction of sp³-hybridized carbons (Fsp3) is 0.538. The Morgan fingerprint density at radius 1 is 1.47 bits per heavy atom. The molecule has 1 N–H and O–H groups in total. The molecule has 2 rings (SSSR count). The molecular formula is C13H17BrFNS. The summed E-state index contributed by atoms with van der Waals surface area (Å²) in [5.74, 6) is -0.191. The van der Waals surface area contributed by atoms with Crippen LogP contribution in [0.15, 0.2) is 22.7 Å². The van der Waals surface area contributed by atoms with E-state index in [9.17, 15) is 4.39 Å².